The van der Waals surface area contributed by atoms with Crippen molar-refractivity contribution in [2.45, 2.75) is 12.1 Å². The Labute approximate surface area is 185 Å². The molecule has 1 aromatic heterocycles. The highest BCUT2D eigenvalue weighted by Gasteiger charge is 2.35. The van der Waals surface area contributed by atoms with Gasteiger partial charge in [0.05, 0.1) is 30.3 Å². The molecule has 2 atom stereocenters. The van der Waals surface area contributed by atoms with E-state index >= 15 is 4.39 Å². The van der Waals surface area contributed by atoms with Gasteiger partial charge in [-0.2, -0.15) is 0 Å². The van der Waals surface area contributed by atoms with E-state index in [-0.39, 0.29) is 41.1 Å². The van der Waals surface area contributed by atoms with Crippen LogP contribution < -0.4 is 20.8 Å². The first-order valence-electron chi connectivity index (χ1n) is 9.85. The topological polar surface area (TPSA) is 107 Å². The molecule has 2 aromatic carbocycles. The zero-order chi connectivity index (χ0) is 24.0. The Bertz CT molecular complexity index is 1330. The molecule has 0 bridgehead atoms. The number of halogens is 3. The van der Waals surface area contributed by atoms with Gasteiger partial charge in [-0.05, 0) is 18.2 Å². The van der Waals surface area contributed by atoms with Crippen molar-refractivity contribution in [2.24, 2.45) is 5.73 Å². The van der Waals surface area contributed by atoms with Crippen molar-refractivity contribution in [1.82, 2.24) is 4.57 Å². The van der Waals surface area contributed by atoms with Gasteiger partial charge in [-0.25, -0.2) is 18.0 Å². The summed E-state index contributed by atoms with van der Waals surface area (Å²) in [4.78, 5) is 26.1. The zero-order valence-corrected chi connectivity index (χ0v) is 17.6. The number of ether oxygens (including phenoxy) is 2. The lowest BCUT2D eigenvalue weighted by Crippen LogP contribution is -2.34. The molecule has 174 valence electrons. The largest absolute Gasteiger partial charge is 0.492 e. The number of rotatable bonds is 5. The number of carbonyl (C=O) groups is 1. The van der Waals surface area contributed by atoms with E-state index in [1.165, 1.54) is 14.2 Å². The van der Waals surface area contributed by atoms with Crippen molar-refractivity contribution >= 4 is 22.6 Å². The van der Waals surface area contributed by atoms with Gasteiger partial charge in [0.2, 0.25) is 5.43 Å². The molecule has 3 N–H and O–H groups in total. The van der Waals surface area contributed by atoms with Crippen LogP contribution in [0.5, 0.6) is 5.75 Å². The first-order valence-corrected chi connectivity index (χ1v) is 9.85. The van der Waals surface area contributed by atoms with Gasteiger partial charge in [-0.3, -0.25) is 4.79 Å². The van der Waals surface area contributed by atoms with Gasteiger partial charge in [-0.1, -0.05) is 0 Å². The molecule has 33 heavy (non-hydrogen) atoms. The van der Waals surface area contributed by atoms with Crippen molar-refractivity contribution in [1.29, 1.82) is 0 Å². The maximum Gasteiger partial charge on any atom is 0.341 e. The number of nitrogens with zero attached hydrogens (tertiary/aromatic N) is 2. The lowest BCUT2D eigenvalue weighted by molar-refractivity contribution is 0.0695. The third-order valence-electron chi connectivity index (χ3n) is 5.70. The summed E-state index contributed by atoms with van der Waals surface area (Å²) in [6.07, 6.45) is 0.511. The fraction of sp³-hybridized carbons (Fsp3) is 0.273. The number of pyridine rings is 1. The summed E-state index contributed by atoms with van der Waals surface area (Å²) in [5.41, 5.74) is 3.99. The molecular formula is C22H20F3N3O5. The molecule has 1 fully saturated rings. The molecule has 8 nitrogen and oxygen atoms in total. The van der Waals surface area contributed by atoms with E-state index < -0.39 is 46.6 Å². The number of aromatic nitrogens is 1. The number of carboxylic acids is 1. The summed E-state index contributed by atoms with van der Waals surface area (Å²) >= 11 is 0. The van der Waals surface area contributed by atoms with Crippen LogP contribution in [-0.2, 0) is 4.74 Å². The van der Waals surface area contributed by atoms with Crippen LogP contribution >= 0.6 is 0 Å². The molecule has 0 unspecified atom stereocenters. The van der Waals surface area contributed by atoms with Crippen LogP contribution in [0.15, 0.2) is 35.3 Å². The highest BCUT2D eigenvalue weighted by molar-refractivity contribution is 5.97. The molecule has 1 saturated heterocycles. The molecule has 2 heterocycles. The van der Waals surface area contributed by atoms with E-state index in [1.54, 1.807) is 4.90 Å². The van der Waals surface area contributed by atoms with Crippen LogP contribution in [0, 0.1) is 17.5 Å². The Balaban J connectivity index is 2.11. The third-order valence-corrected chi connectivity index (χ3v) is 5.70. The predicted octanol–water partition coefficient (Wildman–Crippen LogP) is 2.28. The molecule has 0 saturated carbocycles. The maximum atomic E-state index is 15.3. The molecule has 0 spiro atoms. The van der Waals surface area contributed by atoms with E-state index in [4.69, 9.17) is 15.2 Å². The number of benzene rings is 2. The minimum Gasteiger partial charge on any atom is -0.492 e. The summed E-state index contributed by atoms with van der Waals surface area (Å²) in [5, 5.41) is 9.15. The standard InChI is InChI=1S/C22H20F3N3O5/c1-32-17-9-27(8-15(17)26)19-14(25)6-11-18(21(19)33-2)28(7-12(20(11)29)22(30)31)16-4-3-10(23)5-13(16)24/h3-7,15,17H,8-9,26H2,1-2H3,(H,30,31)/t15-,17+/m1/s1. The SMILES string of the molecule is COc1c(N2C[C@@H](N)[C@@H](OC)C2)c(F)cc2c(=O)c(C(=O)O)cn(-c3ccc(F)cc3F)c12. The van der Waals surface area contributed by atoms with E-state index in [9.17, 15) is 23.5 Å². The molecule has 0 amide bonds. The van der Waals surface area contributed by atoms with Gasteiger partial charge in [0, 0.05) is 32.5 Å². The van der Waals surface area contributed by atoms with E-state index in [0.717, 1.165) is 29.0 Å². The smallest absolute Gasteiger partial charge is 0.341 e. The van der Waals surface area contributed by atoms with Crippen molar-refractivity contribution in [2.75, 3.05) is 32.2 Å². The van der Waals surface area contributed by atoms with Crippen LogP contribution in [0.1, 0.15) is 10.4 Å². The number of hydrogen-bond donors (Lipinski definition) is 2. The van der Waals surface area contributed by atoms with Crippen LogP contribution in [-0.4, -0.2) is 55.1 Å². The highest BCUT2D eigenvalue weighted by atomic mass is 19.1. The number of nitrogens with two attached hydrogens (primary N) is 1. The van der Waals surface area contributed by atoms with Crippen LogP contribution in [0.3, 0.4) is 0 Å². The fourth-order valence-corrected chi connectivity index (χ4v) is 4.15. The number of aromatic carboxylic acids is 1. The summed E-state index contributed by atoms with van der Waals surface area (Å²) in [7, 11) is 2.72. The summed E-state index contributed by atoms with van der Waals surface area (Å²) < 4.78 is 55.4. The van der Waals surface area contributed by atoms with Gasteiger partial charge >= 0.3 is 5.97 Å². The Morgan fingerprint density at radius 1 is 1.15 bits per heavy atom. The van der Waals surface area contributed by atoms with Crippen molar-refractivity contribution in [3.63, 3.8) is 0 Å². The predicted molar refractivity (Wildman–Crippen MR) is 114 cm³/mol. The molecule has 0 aliphatic carbocycles. The normalized spacial score (nSPS) is 18.2. The number of methoxy groups -OCH3 is 2. The zero-order valence-electron chi connectivity index (χ0n) is 17.6. The van der Waals surface area contributed by atoms with Gasteiger partial charge < -0.3 is 29.8 Å². The number of fused-ring (bicyclic) bond motifs is 1. The van der Waals surface area contributed by atoms with Gasteiger partial charge in [-0.15, -0.1) is 0 Å². The van der Waals surface area contributed by atoms with E-state index in [0.29, 0.717) is 6.07 Å². The molecule has 0 radical (unpaired) electrons. The minimum atomic E-state index is -1.59. The Hall–Kier alpha value is -3.57. The van der Waals surface area contributed by atoms with Crippen LogP contribution in [0.2, 0.25) is 0 Å². The number of hydrogen-bond acceptors (Lipinski definition) is 6. The molecule has 11 heteroatoms. The third kappa shape index (κ3) is 3.68. The Kier molecular flexibility index (Phi) is 5.76. The quantitative estimate of drug-likeness (QED) is 0.598. The Morgan fingerprint density at radius 3 is 2.45 bits per heavy atom. The van der Waals surface area contributed by atoms with Crippen molar-refractivity contribution < 1.29 is 32.5 Å². The highest BCUT2D eigenvalue weighted by Crippen LogP contribution is 2.40. The molecule has 1 aliphatic heterocycles. The second-order valence-electron chi connectivity index (χ2n) is 7.62. The second-order valence-corrected chi connectivity index (χ2v) is 7.62. The van der Waals surface area contributed by atoms with Crippen LogP contribution in [0.4, 0.5) is 18.9 Å². The van der Waals surface area contributed by atoms with Gasteiger partial charge in [0.15, 0.2) is 11.6 Å². The lowest BCUT2D eigenvalue weighted by Gasteiger charge is -2.24. The summed E-state index contributed by atoms with van der Waals surface area (Å²) in [6, 6.07) is 3.11. The van der Waals surface area contributed by atoms with Crippen molar-refractivity contribution in [3.8, 4) is 11.4 Å². The number of anilines is 1. The first kappa shape index (κ1) is 22.6. The second kappa shape index (κ2) is 8.41. The van der Waals surface area contributed by atoms with E-state index in [1.807, 2.05) is 0 Å². The molecule has 3 aromatic rings. The van der Waals surface area contributed by atoms with E-state index in [2.05, 4.69) is 0 Å². The summed E-state index contributed by atoms with van der Waals surface area (Å²) in [6.45, 7) is 0.429. The fourth-order valence-electron chi connectivity index (χ4n) is 4.15. The average Bonchev–Trinajstić information content (AvgIpc) is 3.13. The monoisotopic (exact) mass is 463 g/mol. The number of carboxylic acid groups (broad SMARTS) is 1. The van der Waals surface area contributed by atoms with Gasteiger partial charge in [0.25, 0.3) is 0 Å². The summed E-state index contributed by atoms with van der Waals surface area (Å²) in [5.74, 6) is -4.45. The maximum absolute atomic E-state index is 15.3. The van der Waals surface area contributed by atoms with Gasteiger partial charge in [0.1, 0.15) is 28.4 Å². The average molecular weight is 463 g/mol. The lowest BCUT2D eigenvalue weighted by atomic mass is 10.1. The Morgan fingerprint density at radius 2 is 1.88 bits per heavy atom. The molecular weight excluding hydrogens is 443 g/mol. The van der Waals surface area contributed by atoms with Crippen LogP contribution in [0.25, 0.3) is 16.6 Å². The first-order chi connectivity index (χ1) is 15.7. The minimum absolute atomic E-state index is 0.0428. The molecule has 4 rings (SSSR count). The molecule has 1 aliphatic rings. The van der Waals surface area contributed by atoms with Crippen molar-refractivity contribution in [3.05, 3.63) is 63.7 Å².